The van der Waals surface area contributed by atoms with Gasteiger partial charge in [0.15, 0.2) is 0 Å². The van der Waals surface area contributed by atoms with Gasteiger partial charge in [0.25, 0.3) is 5.91 Å². The lowest BCUT2D eigenvalue weighted by Crippen LogP contribution is -2.25. The highest BCUT2D eigenvalue weighted by atomic mass is 32.1. The van der Waals surface area contributed by atoms with Gasteiger partial charge in [-0.3, -0.25) is 9.59 Å². The quantitative estimate of drug-likeness (QED) is 0.420. The number of amides is 2. The van der Waals surface area contributed by atoms with Crippen molar-refractivity contribution in [3.05, 3.63) is 70.6 Å². The van der Waals surface area contributed by atoms with E-state index in [1.165, 1.54) is 17.4 Å². The van der Waals surface area contributed by atoms with Gasteiger partial charge in [-0.1, -0.05) is 12.1 Å². The van der Waals surface area contributed by atoms with Crippen LogP contribution in [0.3, 0.4) is 0 Å². The van der Waals surface area contributed by atoms with Gasteiger partial charge >= 0.3 is 5.97 Å². The lowest BCUT2D eigenvalue weighted by atomic mass is 10.1. The Morgan fingerprint density at radius 2 is 1.87 bits per heavy atom. The Labute approximate surface area is 183 Å². The third-order valence-electron chi connectivity index (χ3n) is 4.77. The Hall–Kier alpha value is -3.45. The van der Waals surface area contributed by atoms with Crippen LogP contribution in [0.15, 0.2) is 54.6 Å². The van der Waals surface area contributed by atoms with Crippen LogP contribution in [0, 0.1) is 0 Å². The number of hydrogen-bond donors (Lipinski definition) is 2. The van der Waals surface area contributed by atoms with Crippen molar-refractivity contribution in [1.29, 1.82) is 0 Å². The number of ether oxygens (including phenoxy) is 1. The summed E-state index contributed by atoms with van der Waals surface area (Å²) in [5.41, 5.74) is 2.08. The molecule has 0 atom stereocenters. The summed E-state index contributed by atoms with van der Waals surface area (Å²) >= 11 is 1.36. The van der Waals surface area contributed by atoms with E-state index >= 15 is 0 Å². The molecule has 31 heavy (non-hydrogen) atoms. The first-order valence-corrected chi connectivity index (χ1v) is 10.9. The predicted molar refractivity (Wildman–Crippen MR) is 122 cm³/mol. The van der Waals surface area contributed by atoms with E-state index in [2.05, 4.69) is 10.6 Å². The van der Waals surface area contributed by atoms with Gasteiger partial charge < -0.3 is 15.4 Å². The highest BCUT2D eigenvalue weighted by Crippen LogP contribution is 2.28. The van der Waals surface area contributed by atoms with Crippen LogP contribution in [-0.4, -0.2) is 30.4 Å². The molecular weight excluding hydrogens is 412 g/mol. The fourth-order valence-electron chi connectivity index (χ4n) is 3.02. The number of thiophene rings is 1. The molecule has 0 saturated heterocycles. The van der Waals surface area contributed by atoms with Crippen molar-refractivity contribution < 1.29 is 19.1 Å². The predicted octanol–water partition coefficient (Wildman–Crippen LogP) is 4.62. The van der Waals surface area contributed by atoms with Crippen LogP contribution in [-0.2, 0) is 9.53 Å². The zero-order chi connectivity index (χ0) is 21.8. The van der Waals surface area contributed by atoms with Crippen molar-refractivity contribution in [2.24, 2.45) is 0 Å². The average Bonchev–Trinajstić information content (AvgIpc) is 3.47. The first-order valence-electron chi connectivity index (χ1n) is 10.1. The van der Waals surface area contributed by atoms with Gasteiger partial charge in [0.1, 0.15) is 4.88 Å². The molecule has 0 spiro atoms. The van der Waals surface area contributed by atoms with E-state index in [-0.39, 0.29) is 17.8 Å². The minimum absolute atomic E-state index is 0.0642. The van der Waals surface area contributed by atoms with E-state index in [1.807, 2.05) is 12.1 Å². The number of fused-ring (bicyclic) bond motifs is 1. The van der Waals surface area contributed by atoms with E-state index < -0.39 is 0 Å². The van der Waals surface area contributed by atoms with Gasteiger partial charge in [0.05, 0.1) is 6.61 Å². The summed E-state index contributed by atoms with van der Waals surface area (Å²) in [4.78, 5) is 36.7. The van der Waals surface area contributed by atoms with E-state index in [0.717, 1.165) is 28.5 Å². The molecule has 1 aliphatic rings. The maximum atomic E-state index is 12.3. The van der Waals surface area contributed by atoms with E-state index in [0.29, 0.717) is 28.8 Å². The highest BCUT2D eigenvalue weighted by Gasteiger charge is 2.23. The van der Waals surface area contributed by atoms with E-state index in [4.69, 9.17) is 4.74 Å². The van der Waals surface area contributed by atoms with Crippen LogP contribution in [0.25, 0.3) is 16.2 Å². The molecule has 2 N–H and O–H groups in total. The van der Waals surface area contributed by atoms with Gasteiger partial charge in [0, 0.05) is 28.1 Å². The Balaban J connectivity index is 1.37. The van der Waals surface area contributed by atoms with Gasteiger partial charge in [-0.15, -0.1) is 11.3 Å². The van der Waals surface area contributed by atoms with Crippen molar-refractivity contribution >= 4 is 51.0 Å². The van der Waals surface area contributed by atoms with Crippen molar-refractivity contribution in [2.75, 3.05) is 11.9 Å². The Kier molecular flexibility index (Phi) is 6.13. The van der Waals surface area contributed by atoms with Crippen molar-refractivity contribution in [1.82, 2.24) is 5.32 Å². The summed E-state index contributed by atoms with van der Waals surface area (Å²) in [5.74, 6) is -0.672. The Bertz CT molecular complexity index is 1160. The zero-order valence-corrected chi connectivity index (χ0v) is 17.8. The molecule has 1 aromatic heterocycles. The summed E-state index contributed by atoms with van der Waals surface area (Å²) in [6.45, 7) is 2.10. The van der Waals surface area contributed by atoms with Crippen LogP contribution < -0.4 is 10.6 Å². The summed E-state index contributed by atoms with van der Waals surface area (Å²) in [5, 5.41) is 6.64. The molecule has 1 fully saturated rings. The Morgan fingerprint density at radius 1 is 1.10 bits per heavy atom. The van der Waals surface area contributed by atoms with Crippen LogP contribution in [0.1, 0.15) is 45.4 Å². The number of rotatable bonds is 7. The second-order valence-electron chi connectivity index (χ2n) is 7.28. The fraction of sp³-hybridized carbons (Fsp3) is 0.208. The summed E-state index contributed by atoms with van der Waals surface area (Å²) < 4.78 is 5.98. The molecule has 7 heteroatoms. The van der Waals surface area contributed by atoms with Gasteiger partial charge in [0.2, 0.25) is 5.91 Å². The zero-order valence-electron chi connectivity index (χ0n) is 17.0. The molecular formula is C24H22N2O4S. The van der Waals surface area contributed by atoms with E-state index in [9.17, 15) is 14.4 Å². The van der Waals surface area contributed by atoms with Crippen LogP contribution in [0.5, 0.6) is 0 Å². The first kappa shape index (κ1) is 20.8. The second-order valence-corrected chi connectivity index (χ2v) is 8.36. The van der Waals surface area contributed by atoms with Gasteiger partial charge in [-0.25, -0.2) is 4.79 Å². The van der Waals surface area contributed by atoms with Crippen molar-refractivity contribution in [3.8, 4) is 0 Å². The topological polar surface area (TPSA) is 84.5 Å². The maximum Gasteiger partial charge on any atom is 0.348 e. The number of carbonyl (C=O) groups is 3. The number of benzene rings is 2. The standard InChI is InChI=1S/C24H22N2O4S/c1-2-30-24(29)21-14-17-13-19(10-11-20(17)31-21)25-22(27)12-5-15-3-6-16(7-4-15)23(28)26-18-8-9-18/h3-7,10-14,18H,2,8-9H2,1H3,(H,25,27)(H,26,28)/b12-5+. The Morgan fingerprint density at radius 3 is 2.58 bits per heavy atom. The number of anilines is 1. The number of esters is 1. The summed E-state index contributed by atoms with van der Waals surface area (Å²) in [6.07, 6.45) is 5.24. The largest absolute Gasteiger partial charge is 0.462 e. The lowest BCUT2D eigenvalue weighted by Gasteiger charge is -2.04. The van der Waals surface area contributed by atoms with Gasteiger partial charge in [-0.2, -0.15) is 0 Å². The number of nitrogens with one attached hydrogen (secondary N) is 2. The molecule has 158 valence electrons. The van der Waals surface area contributed by atoms with Gasteiger partial charge in [-0.05, 0) is 73.2 Å². The average molecular weight is 435 g/mol. The number of carbonyl (C=O) groups excluding carboxylic acids is 3. The molecule has 3 aromatic rings. The van der Waals surface area contributed by atoms with Crippen LogP contribution in [0.4, 0.5) is 5.69 Å². The fourth-order valence-corrected chi connectivity index (χ4v) is 3.96. The summed E-state index contributed by atoms with van der Waals surface area (Å²) in [7, 11) is 0. The smallest absolute Gasteiger partial charge is 0.348 e. The third-order valence-corrected chi connectivity index (χ3v) is 5.87. The molecule has 6 nitrogen and oxygen atoms in total. The molecule has 0 bridgehead atoms. The SMILES string of the molecule is CCOC(=O)c1cc2cc(NC(=O)/C=C/c3ccc(C(=O)NC4CC4)cc3)ccc2s1. The lowest BCUT2D eigenvalue weighted by molar-refractivity contribution is -0.111. The highest BCUT2D eigenvalue weighted by molar-refractivity contribution is 7.20. The molecule has 0 aliphatic heterocycles. The molecule has 4 rings (SSSR count). The summed E-state index contributed by atoms with van der Waals surface area (Å²) in [6, 6.07) is 14.7. The molecule has 0 radical (unpaired) electrons. The molecule has 1 saturated carbocycles. The molecule has 2 amide bonds. The second kappa shape index (κ2) is 9.14. The van der Waals surface area contributed by atoms with Crippen molar-refractivity contribution in [3.63, 3.8) is 0 Å². The van der Waals surface area contributed by atoms with Crippen LogP contribution >= 0.6 is 11.3 Å². The molecule has 1 heterocycles. The minimum atomic E-state index is -0.340. The molecule has 1 aliphatic carbocycles. The molecule has 0 unspecified atom stereocenters. The van der Waals surface area contributed by atoms with E-state index in [1.54, 1.807) is 49.4 Å². The normalized spacial score (nSPS) is 13.3. The molecule has 2 aromatic carbocycles. The number of hydrogen-bond acceptors (Lipinski definition) is 5. The van der Waals surface area contributed by atoms with Crippen molar-refractivity contribution in [2.45, 2.75) is 25.8 Å². The minimum Gasteiger partial charge on any atom is -0.462 e. The third kappa shape index (κ3) is 5.38. The van der Waals surface area contributed by atoms with Crippen LogP contribution in [0.2, 0.25) is 0 Å². The maximum absolute atomic E-state index is 12.3. The monoisotopic (exact) mass is 434 g/mol. The first-order chi connectivity index (χ1) is 15.0.